The monoisotopic (exact) mass is 380 g/mol. The summed E-state index contributed by atoms with van der Waals surface area (Å²) in [7, 11) is -1.27. The number of benzene rings is 1. The summed E-state index contributed by atoms with van der Waals surface area (Å²) in [6, 6.07) is 8.07. The van der Waals surface area contributed by atoms with Gasteiger partial charge in [-0.1, -0.05) is 11.6 Å². The molecule has 0 aliphatic carbocycles. The van der Waals surface area contributed by atoms with Crippen LogP contribution in [0.5, 0.6) is 0 Å². The fourth-order valence-electron chi connectivity index (χ4n) is 2.62. The van der Waals surface area contributed by atoms with Gasteiger partial charge >= 0.3 is 0 Å². The van der Waals surface area contributed by atoms with Crippen LogP contribution in [0, 0.1) is 0 Å². The molecule has 2 heterocycles. The van der Waals surface area contributed by atoms with E-state index in [4.69, 9.17) is 11.6 Å². The van der Waals surface area contributed by atoms with Crippen LogP contribution < -0.4 is 10.2 Å². The van der Waals surface area contributed by atoms with E-state index >= 15 is 0 Å². The van der Waals surface area contributed by atoms with E-state index in [1.807, 2.05) is 0 Å². The van der Waals surface area contributed by atoms with Crippen LogP contribution in [0.1, 0.15) is 16.9 Å². The van der Waals surface area contributed by atoms with E-state index in [1.165, 1.54) is 12.3 Å². The van der Waals surface area contributed by atoms with Crippen molar-refractivity contribution in [2.45, 2.75) is 12.5 Å². The maximum Gasteiger partial charge on any atom is 0.274 e. The van der Waals surface area contributed by atoms with E-state index in [0.717, 1.165) is 0 Å². The normalized spacial score (nSPS) is 18.7. The van der Waals surface area contributed by atoms with Crippen molar-refractivity contribution in [1.82, 2.24) is 9.97 Å². The van der Waals surface area contributed by atoms with Gasteiger partial charge in [0.05, 0.1) is 11.5 Å². The van der Waals surface area contributed by atoms with E-state index in [1.54, 1.807) is 36.2 Å². The van der Waals surface area contributed by atoms with Gasteiger partial charge in [-0.15, -0.1) is 0 Å². The second kappa shape index (κ2) is 6.97. The number of rotatable bonds is 4. The molecule has 9 heteroatoms. The molecule has 1 aromatic heterocycles. The zero-order valence-electron chi connectivity index (χ0n) is 13.5. The lowest BCUT2D eigenvalue weighted by atomic mass is 10.2. The summed E-state index contributed by atoms with van der Waals surface area (Å²) < 4.78 is 23.3. The van der Waals surface area contributed by atoms with Gasteiger partial charge in [-0.3, -0.25) is 4.79 Å². The topological polar surface area (TPSA) is 92.3 Å². The van der Waals surface area contributed by atoms with Gasteiger partial charge in [0.25, 0.3) is 5.91 Å². The summed E-state index contributed by atoms with van der Waals surface area (Å²) in [6.07, 6.45) is 2.02. The minimum absolute atomic E-state index is 0.0774. The molecule has 25 heavy (non-hydrogen) atoms. The van der Waals surface area contributed by atoms with Crippen molar-refractivity contribution >= 4 is 39.0 Å². The van der Waals surface area contributed by atoms with Crippen molar-refractivity contribution in [2.75, 3.05) is 28.8 Å². The molecule has 3 rings (SSSR count). The van der Waals surface area contributed by atoms with E-state index in [2.05, 4.69) is 15.3 Å². The lowest BCUT2D eigenvalue weighted by Crippen LogP contribution is -2.34. The number of halogens is 1. The van der Waals surface area contributed by atoms with Crippen molar-refractivity contribution < 1.29 is 13.2 Å². The third-order valence-corrected chi connectivity index (χ3v) is 6.05. The molecular formula is C16H17ClN4O3S. The summed E-state index contributed by atoms with van der Waals surface area (Å²) in [4.78, 5) is 22.5. The Balaban J connectivity index is 1.74. The predicted octanol–water partition coefficient (Wildman–Crippen LogP) is 2.01. The Kier molecular flexibility index (Phi) is 4.91. The lowest BCUT2D eigenvalue weighted by molar-refractivity contribution is 0.102. The smallest absolute Gasteiger partial charge is 0.274 e. The Hall–Kier alpha value is -2.19. The molecule has 1 atom stereocenters. The summed E-state index contributed by atoms with van der Waals surface area (Å²) in [5.74, 6) is 0.191. The van der Waals surface area contributed by atoms with Gasteiger partial charge in [-0.2, -0.15) is 0 Å². The van der Waals surface area contributed by atoms with Crippen LogP contribution in [-0.4, -0.2) is 48.9 Å². The highest BCUT2D eigenvalue weighted by atomic mass is 35.5. The zero-order chi connectivity index (χ0) is 18.0. The molecule has 1 aromatic carbocycles. The third-order valence-electron chi connectivity index (χ3n) is 4.05. The number of amides is 1. The van der Waals surface area contributed by atoms with Crippen molar-refractivity contribution in [3.8, 4) is 0 Å². The molecule has 0 radical (unpaired) electrons. The predicted molar refractivity (Wildman–Crippen MR) is 96.9 cm³/mol. The maximum absolute atomic E-state index is 12.3. The highest BCUT2D eigenvalue weighted by molar-refractivity contribution is 7.91. The average molecular weight is 381 g/mol. The molecule has 1 amide bonds. The minimum atomic E-state index is -3.01. The molecule has 2 aromatic rings. The van der Waals surface area contributed by atoms with Crippen molar-refractivity contribution in [3.05, 3.63) is 47.2 Å². The second-order valence-corrected chi connectivity index (χ2v) is 8.54. The first-order valence-corrected chi connectivity index (χ1v) is 9.87. The van der Waals surface area contributed by atoms with Crippen molar-refractivity contribution in [3.63, 3.8) is 0 Å². The van der Waals surface area contributed by atoms with E-state index < -0.39 is 9.84 Å². The molecule has 0 spiro atoms. The zero-order valence-corrected chi connectivity index (χ0v) is 15.1. The Bertz CT molecular complexity index is 887. The average Bonchev–Trinajstić information content (AvgIpc) is 2.96. The molecule has 7 nitrogen and oxygen atoms in total. The Morgan fingerprint density at radius 1 is 1.28 bits per heavy atom. The Morgan fingerprint density at radius 3 is 2.64 bits per heavy atom. The number of carbonyl (C=O) groups is 1. The number of hydrogen-bond acceptors (Lipinski definition) is 6. The molecule has 1 aliphatic heterocycles. The molecule has 1 aliphatic rings. The van der Waals surface area contributed by atoms with E-state index in [-0.39, 0.29) is 29.1 Å². The fraction of sp³-hybridized carbons (Fsp3) is 0.312. The molecule has 1 N–H and O–H groups in total. The standard InChI is InChI=1S/C16H17ClN4O3S/c1-21(13-7-9-25(23,24)10-13)16-18-8-6-14(20-16)15(22)19-12-4-2-11(17)3-5-12/h2-6,8,13H,7,9-10H2,1H3,(H,19,22). The van der Waals surface area contributed by atoms with Crippen molar-refractivity contribution in [1.29, 1.82) is 0 Å². The van der Waals surface area contributed by atoms with E-state index in [0.29, 0.717) is 23.1 Å². The van der Waals surface area contributed by atoms with Gasteiger partial charge < -0.3 is 10.2 Å². The quantitative estimate of drug-likeness (QED) is 0.872. The number of sulfone groups is 1. The van der Waals surface area contributed by atoms with Gasteiger partial charge in [-0.25, -0.2) is 18.4 Å². The summed E-state index contributed by atoms with van der Waals surface area (Å²) >= 11 is 5.82. The van der Waals surface area contributed by atoms with Crippen LogP contribution in [0.4, 0.5) is 11.6 Å². The van der Waals surface area contributed by atoms with Gasteiger partial charge in [-0.05, 0) is 36.8 Å². The van der Waals surface area contributed by atoms with Crippen LogP contribution in [0.15, 0.2) is 36.5 Å². The van der Waals surface area contributed by atoms with Crippen LogP contribution in [0.2, 0.25) is 5.02 Å². The number of nitrogens with zero attached hydrogens (tertiary/aromatic N) is 3. The summed E-state index contributed by atoms with van der Waals surface area (Å²) in [5.41, 5.74) is 0.803. The molecule has 0 saturated carbocycles. The number of nitrogens with one attached hydrogen (secondary N) is 1. The molecule has 132 valence electrons. The summed E-state index contributed by atoms with van der Waals surface area (Å²) in [5, 5.41) is 3.31. The van der Waals surface area contributed by atoms with Crippen LogP contribution in [0.3, 0.4) is 0 Å². The van der Waals surface area contributed by atoms with Crippen LogP contribution >= 0.6 is 11.6 Å². The van der Waals surface area contributed by atoms with Crippen LogP contribution in [-0.2, 0) is 9.84 Å². The first-order chi connectivity index (χ1) is 11.8. The van der Waals surface area contributed by atoms with Crippen LogP contribution in [0.25, 0.3) is 0 Å². The number of aromatic nitrogens is 2. The van der Waals surface area contributed by atoms with Gasteiger partial charge in [0.15, 0.2) is 9.84 Å². The first-order valence-electron chi connectivity index (χ1n) is 7.67. The molecule has 1 unspecified atom stereocenters. The minimum Gasteiger partial charge on any atom is -0.340 e. The Labute approximate surface area is 151 Å². The molecule has 1 saturated heterocycles. The molecule has 0 bridgehead atoms. The van der Waals surface area contributed by atoms with Gasteiger partial charge in [0, 0.05) is 30.0 Å². The highest BCUT2D eigenvalue weighted by Gasteiger charge is 2.31. The van der Waals surface area contributed by atoms with Crippen molar-refractivity contribution in [2.24, 2.45) is 0 Å². The Morgan fingerprint density at radius 2 is 2.00 bits per heavy atom. The third kappa shape index (κ3) is 4.26. The second-order valence-electron chi connectivity index (χ2n) is 5.87. The first kappa shape index (κ1) is 17.6. The fourth-order valence-corrected chi connectivity index (χ4v) is 4.52. The number of carbonyl (C=O) groups excluding carboxylic acids is 1. The maximum atomic E-state index is 12.3. The highest BCUT2D eigenvalue weighted by Crippen LogP contribution is 2.20. The SMILES string of the molecule is CN(c1nccc(C(=O)Nc2ccc(Cl)cc2)n1)C1CCS(=O)(=O)C1. The number of anilines is 2. The molecular weight excluding hydrogens is 364 g/mol. The van der Waals surface area contributed by atoms with Gasteiger partial charge in [0.2, 0.25) is 5.95 Å². The van der Waals surface area contributed by atoms with Gasteiger partial charge in [0.1, 0.15) is 5.69 Å². The largest absolute Gasteiger partial charge is 0.340 e. The lowest BCUT2D eigenvalue weighted by Gasteiger charge is -2.23. The number of hydrogen-bond donors (Lipinski definition) is 1. The molecule has 1 fully saturated rings. The summed E-state index contributed by atoms with van der Waals surface area (Å²) in [6.45, 7) is 0. The van der Waals surface area contributed by atoms with E-state index in [9.17, 15) is 13.2 Å².